The number of hydrogen-bond donors (Lipinski definition) is 0. The van der Waals surface area contributed by atoms with Crippen molar-refractivity contribution in [2.75, 3.05) is 13.1 Å². The number of imidazole rings is 1. The lowest BCUT2D eigenvalue weighted by atomic mass is 10.2. The van der Waals surface area contributed by atoms with Crippen molar-refractivity contribution in [1.29, 1.82) is 0 Å². The van der Waals surface area contributed by atoms with E-state index >= 15 is 0 Å². The molecule has 2 aromatic rings. The van der Waals surface area contributed by atoms with Gasteiger partial charge in [-0.05, 0) is 25.5 Å². The van der Waals surface area contributed by atoms with E-state index in [1.807, 2.05) is 40.6 Å². The zero-order chi connectivity index (χ0) is 11.1. The third-order valence-corrected chi connectivity index (χ3v) is 3.06. The van der Waals surface area contributed by atoms with E-state index in [-0.39, 0.29) is 5.91 Å². The number of aromatic nitrogens is 2. The highest BCUT2D eigenvalue weighted by Gasteiger charge is 2.23. The summed E-state index contributed by atoms with van der Waals surface area (Å²) < 4.78 is 1.95. The fourth-order valence-corrected chi connectivity index (χ4v) is 1.93. The fourth-order valence-electron chi connectivity index (χ4n) is 1.93. The van der Waals surface area contributed by atoms with Gasteiger partial charge in [-0.1, -0.05) is 6.07 Å². The standard InChI is InChI=1S/C12H13N3O/c1-9-4-2-5-11-13-10(8-15(9)11)12(16)14-6-3-7-14/h2,4-5,8H,3,6-7H2,1H3. The number of amides is 1. The minimum Gasteiger partial charge on any atom is -0.337 e. The predicted molar refractivity (Wildman–Crippen MR) is 60.4 cm³/mol. The van der Waals surface area contributed by atoms with Gasteiger partial charge >= 0.3 is 0 Å². The number of pyridine rings is 1. The van der Waals surface area contributed by atoms with E-state index in [0.717, 1.165) is 30.9 Å². The summed E-state index contributed by atoms with van der Waals surface area (Å²) in [7, 11) is 0. The molecular weight excluding hydrogens is 202 g/mol. The van der Waals surface area contributed by atoms with Gasteiger partial charge in [0.05, 0.1) is 0 Å². The van der Waals surface area contributed by atoms with Crippen molar-refractivity contribution in [3.8, 4) is 0 Å². The monoisotopic (exact) mass is 215 g/mol. The molecule has 4 nitrogen and oxygen atoms in total. The Bertz CT molecular complexity index is 554. The molecular formula is C12H13N3O. The van der Waals surface area contributed by atoms with E-state index in [1.165, 1.54) is 0 Å². The first kappa shape index (κ1) is 9.39. The van der Waals surface area contributed by atoms with E-state index in [0.29, 0.717) is 5.69 Å². The third-order valence-electron chi connectivity index (χ3n) is 3.06. The lowest BCUT2D eigenvalue weighted by Crippen LogP contribution is -2.42. The molecule has 82 valence electrons. The van der Waals surface area contributed by atoms with Crippen molar-refractivity contribution in [3.63, 3.8) is 0 Å². The van der Waals surface area contributed by atoms with Gasteiger partial charge in [-0.2, -0.15) is 0 Å². The van der Waals surface area contributed by atoms with E-state index in [4.69, 9.17) is 0 Å². The van der Waals surface area contributed by atoms with Crippen LogP contribution in [0, 0.1) is 6.92 Å². The second kappa shape index (κ2) is 3.33. The Balaban J connectivity index is 2.04. The Morgan fingerprint density at radius 1 is 1.38 bits per heavy atom. The SMILES string of the molecule is Cc1cccc2nc(C(=O)N3CCC3)cn12. The Labute approximate surface area is 93.5 Å². The zero-order valence-electron chi connectivity index (χ0n) is 9.18. The molecule has 1 amide bonds. The summed E-state index contributed by atoms with van der Waals surface area (Å²) in [6.07, 6.45) is 2.93. The second-order valence-electron chi connectivity index (χ2n) is 4.17. The molecule has 1 fully saturated rings. The maximum Gasteiger partial charge on any atom is 0.274 e. The average Bonchev–Trinajstić information content (AvgIpc) is 2.60. The molecule has 0 atom stereocenters. The van der Waals surface area contributed by atoms with Crippen LogP contribution in [0.1, 0.15) is 22.6 Å². The van der Waals surface area contributed by atoms with Crippen molar-refractivity contribution in [2.24, 2.45) is 0 Å². The zero-order valence-corrected chi connectivity index (χ0v) is 9.18. The molecule has 0 spiro atoms. The quantitative estimate of drug-likeness (QED) is 0.722. The van der Waals surface area contributed by atoms with Crippen LogP contribution in [0.4, 0.5) is 0 Å². The Morgan fingerprint density at radius 3 is 2.81 bits per heavy atom. The molecule has 16 heavy (non-hydrogen) atoms. The molecule has 0 N–H and O–H groups in total. The van der Waals surface area contributed by atoms with Crippen molar-refractivity contribution in [1.82, 2.24) is 14.3 Å². The van der Waals surface area contributed by atoms with E-state index in [2.05, 4.69) is 4.98 Å². The maximum atomic E-state index is 12.0. The van der Waals surface area contributed by atoms with Gasteiger partial charge in [-0.3, -0.25) is 4.79 Å². The minimum atomic E-state index is 0.0503. The maximum absolute atomic E-state index is 12.0. The van der Waals surface area contributed by atoms with Crippen LogP contribution in [0.15, 0.2) is 24.4 Å². The van der Waals surface area contributed by atoms with Crippen molar-refractivity contribution < 1.29 is 4.79 Å². The molecule has 0 saturated carbocycles. The summed E-state index contributed by atoms with van der Waals surface area (Å²) in [6.45, 7) is 3.74. The first-order valence-electron chi connectivity index (χ1n) is 5.50. The highest BCUT2D eigenvalue weighted by molar-refractivity contribution is 5.93. The van der Waals surface area contributed by atoms with Gasteiger partial charge in [0.2, 0.25) is 0 Å². The summed E-state index contributed by atoms with van der Waals surface area (Å²) >= 11 is 0. The number of rotatable bonds is 1. The second-order valence-corrected chi connectivity index (χ2v) is 4.17. The van der Waals surface area contributed by atoms with Crippen LogP contribution in [0.2, 0.25) is 0 Å². The van der Waals surface area contributed by atoms with Gasteiger partial charge < -0.3 is 9.30 Å². The molecule has 1 aliphatic heterocycles. The van der Waals surface area contributed by atoms with Gasteiger partial charge in [-0.15, -0.1) is 0 Å². The van der Waals surface area contributed by atoms with E-state index < -0.39 is 0 Å². The van der Waals surface area contributed by atoms with Crippen LogP contribution in [0.3, 0.4) is 0 Å². The summed E-state index contributed by atoms with van der Waals surface area (Å²) in [4.78, 5) is 18.1. The van der Waals surface area contributed by atoms with Crippen LogP contribution >= 0.6 is 0 Å². The van der Waals surface area contributed by atoms with Crippen LogP contribution in [0.25, 0.3) is 5.65 Å². The van der Waals surface area contributed by atoms with Gasteiger partial charge in [0, 0.05) is 25.0 Å². The number of nitrogens with zero attached hydrogens (tertiary/aromatic N) is 3. The molecule has 2 aromatic heterocycles. The number of likely N-dealkylation sites (tertiary alicyclic amines) is 1. The smallest absolute Gasteiger partial charge is 0.274 e. The molecule has 3 heterocycles. The average molecular weight is 215 g/mol. The molecule has 0 aliphatic carbocycles. The lowest BCUT2D eigenvalue weighted by Gasteiger charge is -2.29. The molecule has 0 bridgehead atoms. The molecule has 0 unspecified atom stereocenters. The van der Waals surface area contributed by atoms with Gasteiger partial charge in [0.1, 0.15) is 11.3 Å². The first-order chi connectivity index (χ1) is 7.75. The summed E-state index contributed by atoms with van der Waals surface area (Å²) in [5, 5.41) is 0. The number of carbonyl (C=O) groups is 1. The number of hydrogen-bond acceptors (Lipinski definition) is 2. The summed E-state index contributed by atoms with van der Waals surface area (Å²) in [6, 6.07) is 5.88. The molecule has 3 rings (SSSR count). The first-order valence-corrected chi connectivity index (χ1v) is 5.50. The summed E-state index contributed by atoms with van der Waals surface area (Å²) in [5.74, 6) is 0.0503. The highest BCUT2D eigenvalue weighted by Crippen LogP contribution is 2.14. The van der Waals surface area contributed by atoms with Crippen molar-refractivity contribution in [2.45, 2.75) is 13.3 Å². The van der Waals surface area contributed by atoms with E-state index in [9.17, 15) is 4.79 Å². The third kappa shape index (κ3) is 1.30. The Kier molecular flexibility index (Phi) is 1.96. The lowest BCUT2D eigenvalue weighted by molar-refractivity contribution is 0.0646. The van der Waals surface area contributed by atoms with Gasteiger partial charge in [-0.25, -0.2) is 4.98 Å². The number of fused-ring (bicyclic) bond motifs is 1. The van der Waals surface area contributed by atoms with Crippen molar-refractivity contribution in [3.05, 3.63) is 35.8 Å². The fraction of sp³-hybridized carbons (Fsp3) is 0.333. The molecule has 4 heteroatoms. The van der Waals surface area contributed by atoms with Crippen LogP contribution in [-0.2, 0) is 0 Å². The molecule has 0 radical (unpaired) electrons. The normalized spacial score (nSPS) is 15.2. The number of carbonyl (C=O) groups excluding carboxylic acids is 1. The van der Waals surface area contributed by atoms with Crippen molar-refractivity contribution >= 4 is 11.6 Å². The van der Waals surface area contributed by atoms with Crippen LogP contribution in [-0.4, -0.2) is 33.3 Å². The molecule has 0 aromatic carbocycles. The largest absolute Gasteiger partial charge is 0.337 e. The highest BCUT2D eigenvalue weighted by atomic mass is 16.2. The van der Waals surface area contributed by atoms with E-state index in [1.54, 1.807) is 0 Å². The number of aryl methyl sites for hydroxylation is 1. The topological polar surface area (TPSA) is 37.6 Å². The van der Waals surface area contributed by atoms with Crippen LogP contribution in [0.5, 0.6) is 0 Å². The van der Waals surface area contributed by atoms with Gasteiger partial charge in [0.15, 0.2) is 0 Å². The molecule has 1 saturated heterocycles. The van der Waals surface area contributed by atoms with Gasteiger partial charge in [0.25, 0.3) is 5.91 Å². The Morgan fingerprint density at radius 2 is 2.19 bits per heavy atom. The predicted octanol–water partition coefficient (Wildman–Crippen LogP) is 1.49. The minimum absolute atomic E-state index is 0.0503. The van der Waals surface area contributed by atoms with Crippen LogP contribution < -0.4 is 0 Å². The molecule has 1 aliphatic rings. The Hall–Kier alpha value is -1.84. The summed E-state index contributed by atoms with van der Waals surface area (Å²) in [5.41, 5.74) is 2.48.